The highest BCUT2D eigenvalue weighted by Crippen LogP contribution is 2.37. The first-order chi connectivity index (χ1) is 12.2. The van der Waals surface area contributed by atoms with Crippen molar-refractivity contribution in [3.05, 3.63) is 89.1 Å². The van der Waals surface area contributed by atoms with E-state index >= 15 is 0 Å². The maximum absolute atomic E-state index is 11.4. The highest BCUT2D eigenvalue weighted by molar-refractivity contribution is 7.99. The Morgan fingerprint density at radius 1 is 0.960 bits per heavy atom. The zero-order valence-electron chi connectivity index (χ0n) is 13.1. The van der Waals surface area contributed by atoms with E-state index in [1.807, 2.05) is 60.7 Å². The van der Waals surface area contributed by atoms with Crippen molar-refractivity contribution >= 4 is 28.4 Å². The Morgan fingerprint density at radius 2 is 1.64 bits per heavy atom. The number of aromatic nitrogens is 2. The Kier molecular flexibility index (Phi) is 3.95. The molecule has 0 bridgehead atoms. The summed E-state index contributed by atoms with van der Waals surface area (Å²) in [5, 5.41) is 16.7. The van der Waals surface area contributed by atoms with Gasteiger partial charge in [0.05, 0.1) is 22.3 Å². The van der Waals surface area contributed by atoms with Crippen molar-refractivity contribution in [2.75, 3.05) is 0 Å². The average molecular weight is 347 g/mol. The zero-order chi connectivity index (χ0) is 17.2. The highest BCUT2D eigenvalue weighted by atomic mass is 32.2. The van der Waals surface area contributed by atoms with E-state index in [1.165, 1.54) is 11.8 Å². The van der Waals surface area contributed by atoms with Crippen LogP contribution in [0.15, 0.2) is 88.8 Å². The van der Waals surface area contributed by atoms with Gasteiger partial charge in [-0.2, -0.15) is 5.10 Å². The average Bonchev–Trinajstić information content (AvgIpc) is 3.07. The highest BCUT2D eigenvalue weighted by Gasteiger charge is 2.17. The second-order valence-corrected chi connectivity index (χ2v) is 6.56. The molecule has 0 saturated carbocycles. The monoisotopic (exact) mass is 347 g/mol. The molecular weight excluding hydrogens is 334 g/mol. The van der Waals surface area contributed by atoms with Gasteiger partial charge in [0.1, 0.15) is 0 Å². The van der Waals surface area contributed by atoms with Gasteiger partial charge in [0.25, 0.3) is 5.69 Å². The van der Waals surface area contributed by atoms with Crippen LogP contribution < -0.4 is 0 Å². The fraction of sp³-hybridized carbons (Fsp3) is 0. The maximum atomic E-state index is 11.4. The van der Waals surface area contributed by atoms with E-state index in [1.54, 1.807) is 23.0 Å². The lowest BCUT2D eigenvalue weighted by molar-refractivity contribution is -0.384. The SMILES string of the molecule is O=[N+]([O-])c1cc(Sc2ccccc2)c2cnn(-c3ccccc3)c2c1. The lowest BCUT2D eigenvalue weighted by Gasteiger charge is -2.06. The van der Waals surface area contributed by atoms with Gasteiger partial charge >= 0.3 is 0 Å². The molecule has 0 fully saturated rings. The van der Waals surface area contributed by atoms with Crippen LogP contribution in [0.2, 0.25) is 0 Å². The minimum Gasteiger partial charge on any atom is -0.258 e. The van der Waals surface area contributed by atoms with E-state index in [0.29, 0.717) is 0 Å². The Morgan fingerprint density at radius 3 is 2.32 bits per heavy atom. The molecule has 0 atom stereocenters. The van der Waals surface area contributed by atoms with E-state index in [0.717, 1.165) is 26.4 Å². The van der Waals surface area contributed by atoms with Gasteiger partial charge in [-0.3, -0.25) is 10.1 Å². The summed E-state index contributed by atoms with van der Waals surface area (Å²) in [5.74, 6) is 0. The topological polar surface area (TPSA) is 61.0 Å². The Labute approximate surface area is 148 Å². The van der Waals surface area contributed by atoms with Crippen LogP contribution >= 0.6 is 11.8 Å². The summed E-state index contributed by atoms with van der Waals surface area (Å²) in [6, 6.07) is 22.6. The number of hydrogen-bond acceptors (Lipinski definition) is 4. The molecule has 3 aromatic carbocycles. The molecule has 0 radical (unpaired) electrons. The van der Waals surface area contributed by atoms with Gasteiger partial charge in [0.2, 0.25) is 0 Å². The Balaban J connectivity index is 1.90. The van der Waals surface area contributed by atoms with Gasteiger partial charge in [0.15, 0.2) is 0 Å². The summed E-state index contributed by atoms with van der Waals surface area (Å²) >= 11 is 1.50. The predicted molar refractivity (Wildman–Crippen MR) is 98.3 cm³/mol. The number of para-hydroxylation sites is 1. The largest absolute Gasteiger partial charge is 0.272 e. The van der Waals surface area contributed by atoms with E-state index in [4.69, 9.17) is 0 Å². The molecule has 0 aliphatic heterocycles. The molecule has 0 spiro atoms. The molecule has 0 unspecified atom stereocenters. The van der Waals surface area contributed by atoms with Gasteiger partial charge in [0, 0.05) is 27.3 Å². The third-order valence-corrected chi connectivity index (χ3v) is 4.88. The first-order valence-corrected chi connectivity index (χ1v) is 8.48. The summed E-state index contributed by atoms with van der Waals surface area (Å²) in [6.45, 7) is 0. The van der Waals surface area contributed by atoms with Crippen LogP contribution in [0.3, 0.4) is 0 Å². The van der Waals surface area contributed by atoms with Crippen molar-refractivity contribution in [1.82, 2.24) is 9.78 Å². The van der Waals surface area contributed by atoms with Crippen LogP contribution in [0.1, 0.15) is 0 Å². The third-order valence-electron chi connectivity index (χ3n) is 3.82. The molecule has 0 aliphatic carbocycles. The Bertz CT molecular complexity index is 1050. The smallest absolute Gasteiger partial charge is 0.258 e. The molecule has 122 valence electrons. The van der Waals surface area contributed by atoms with Crippen LogP contribution in [0.5, 0.6) is 0 Å². The molecule has 0 amide bonds. The Hall–Kier alpha value is -3.12. The molecule has 0 saturated heterocycles. The summed E-state index contributed by atoms with van der Waals surface area (Å²) in [7, 11) is 0. The van der Waals surface area contributed by atoms with E-state index in [2.05, 4.69) is 5.10 Å². The van der Waals surface area contributed by atoms with Crippen molar-refractivity contribution in [3.8, 4) is 5.69 Å². The van der Waals surface area contributed by atoms with Crippen molar-refractivity contribution in [2.45, 2.75) is 9.79 Å². The molecular formula is C19H13N3O2S. The molecule has 0 N–H and O–H groups in total. The summed E-state index contributed by atoms with van der Waals surface area (Å²) in [4.78, 5) is 12.9. The van der Waals surface area contributed by atoms with Crippen LogP contribution in [0, 0.1) is 10.1 Å². The van der Waals surface area contributed by atoms with Crippen molar-refractivity contribution in [2.24, 2.45) is 0 Å². The summed E-state index contributed by atoms with van der Waals surface area (Å²) < 4.78 is 1.73. The zero-order valence-corrected chi connectivity index (χ0v) is 13.9. The van der Waals surface area contributed by atoms with Crippen molar-refractivity contribution in [3.63, 3.8) is 0 Å². The number of benzene rings is 3. The van der Waals surface area contributed by atoms with Crippen LogP contribution in [-0.2, 0) is 0 Å². The van der Waals surface area contributed by atoms with Gasteiger partial charge < -0.3 is 0 Å². The standard InChI is InChI=1S/C19H13N3O2S/c23-22(24)15-11-18-17(13-20-21(18)14-7-3-1-4-8-14)19(12-15)25-16-9-5-2-6-10-16/h1-13H. The van der Waals surface area contributed by atoms with E-state index in [9.17, 15) is 10.1 Å². The van der Waals surface area contributed by atoms with E-state index < -0.39 is 0 Å². The minimum absolute atomic E-state index is 0.0589. The predicted octanol–water partition coefficient (Wildman–Crippen LogP) is 5.08. The number of rotatable bonds is 4. The first kappa shape index (κ1) is 15.4. The van der Waals surface area contributed by atoms with Gasteiger partial charge in [-0.25, -0.2) is 4.68 Å². The number of nitro groups is 1. The molecule has 6 heteroatoms. The number of non-ortho nitro benzene ring substituents is 1. The second-order valence-electron chi connectivity index (χ2n) is 5.44. The second kappa shape index (κ2) is 6.41. The molecule has 0 aliphatic rings. The van der Waals surface area contributed by atoms with Crippen LogP contribution in [-0.4, -0.2) is 14.7 Å². The number of hydrogen-bond donors (Lipinski definition) is 0. The molecule has 4 rings (SSSR count). The lowest BCUT2D eigenvalue weighted by Crippen LogP contribution is -1.96. The fourth-order valence-corrected chi connectivity index (χ4v) is 3.65. The maximum Gasteiger partial charge on any atom is 0.272 e. The number of nitro benzene ring substituents is 1. The molecule has 1 heterocycles. The van der Waals surface area contributed by atoms with Crippen LogP contribution in [0.25, 0.3) is 16.6 Å². The number of nitrogens with zero attached hydrogens (tertiary/aromatic N) is 3. The van der Waals surface area contributed by atoms with E-state index in [-0.39, 0.29) is 10.6 Å². The lowest BCUT2D eigenvalue weighted by atomic mass is 10.2. The molecule has 1 aromatic heterocycles. The molecule has 25 heavy (non-hydrogen) atoms. The van der Waals surface area contributed by atoms with Crippen LogP contribution in [0.4, 0.5) is 5.69 Å². The quantitative estimate of drug-likeness (QED) is 0.381. The third kappa shape index (κ3) is 2.99. The molecule has 4 aromatic rings. The number of fused-ring (bicyclic) bond motifs is 1. The van der Waals surface area contributed by atoms with Crippen molar-refractivity contribution in [1.29, 1.82) is 0 Å². The van der Waals surface area contributed by atoms with Crippen molar-refractivity contribution < 1.29 is 4.92 Å². The van der Waals surface area contributed by atoms with Gasteiger partial charge in [-0.05, 0) is 24.3 Å². The molecule has 5 nitrogen and oxygen atoms in total. The summed E-state index contributed by atoms with van der Waals surface area (Å²) in [6.07, 6.45) is 1.76. The normalized spacial score (nSPS) is 10.9. The van der Waals surface area contributed by atoms with Gasteiger partial charge in [-0.1, -0.05) is 48.2 Å². The first-order valence-electron chi connectivity index (χ1n) is 7.67. The fourth-order valence-electron chi connectivity index (χ4n) is 2.66. The summed E-state index contributed by atoms with van der Waals surface area (Å²) in [5.41, 5.74) is 1.65. The minimum atomic E-state index is -0.364. The van der Waals surface area contributed by atoms with Gasteiger partial charge in [-0.15, -0.1) is 0 Å².